The van der Waals surface area contributed by atoms with Gasteiger partial charge in [-0.3, -0.25) is 14.9 Å². The van der Waals surface area contributed by atoms with Gasteiger partial charge in [0.1, 0.15) is 5.75 Å². The van der Waals surface area contributed by atoms with Crippen LogP contribution in [0.2, 0.25) is 0 Å². The molecule has 7 heteroatoms. The van der Waals surface area contributed by atoms with E-state index in [0.717, 1.165) is 16.7 Å². The highest BCUT2D eigenvalue weighted by Crippen LogP contribution is 2.39. The Labute approximate surface area is 183 Å². The van der Waals surface area contributed by atoms with Gasteiger partial charge in [-0.2, -0.15) is 5.10 Å². The number of hydrogen-bond donors (Lipinski definition) is 2. The number of nitrogens with zero attached hydrogens (tertiary/aromatic N) is 2. The van der Waals surface area contributed by atoms with Gasteiger partial charge in [-0.15, -0.1) is 0 Å². The molecule has 0 bridgehead atoms. The summed E-state index contributed by atoms with van der Waals surface area (Å²) in [6.07, 6.45) is 2.11. The van der Waals surface area contributed by atoms with Crippen LogP contribution in [0.4, 0.5) is 5.69 Å². The van der Waals surface area contributed by atoms with Gasteiger partial charge in [-0.05, 0) is 33.9 Å². The van der Waals surface area contributed by atoms with Crippen LogP contribution in [0.3, 0.4) is 0 Å². The Balaban J connectivity index is 2.09. The third-order valence-corrected chi connectivity index (χ3v) is 4.91. The molecular formula is C24H31N3O4. The molecule has 0 atom stereocenters. The number of hydrogen-bond acceptors (Lipinski definition) is 5. The third kappa shape index (κ3) is 6.64. The topological polar surface area (TPSA) is 105 Å². The average Bonchev–Trinajstić information content (AvgIpc) is 2.65. The Bertz CT molecular complexity index is 964. The lowest BCUT2D eigenvalue weighted by Gasteiger charge is -2.28. The Kier molecular flexibility index (Phi) is 7.21. The molecule has 2 rings (SSSR count). The van der Waals surface area contributed by atoms with Gasteiger partial charge in [-0.1, -0.05) is 65.8 Å². The Morgan fingerprint density at radius 1 is 1.10 bits per heavy atom. The van der Waals surface area contributed by atoms with Crippen LogP contribution in [0.15, 0.2) is 41.5 Å². The van der Waals surface area contributed by atoms with Crippen molar-refractivity contribution in [2.24, 2.45) is 5.10 Å². The second-order valence-corrected chi connectivity index (χ2v) is 9.68. The fourth-order valence-corrected chi connectivity index (χ4v) is 3.19. The first-order valence-corrected chi connectivity index (χ1v) is 10.2. The molecule has 0 radical (unpaired) electrons. The van der Waals surface area contributed by atoms with Crippen molar-refractivity contribution >= 4 is 17.8 Å². The first-order chi connectivity index (χ1) is 14.3. The van der Waals surface area contributed by atoms with E-state index in [1.807, 2.05) is 53.7 Å². The molecule has 31 heavy (non-hydrogen) atoms. The maximum absolute atomic E-state index is 12.2. The summed E-state index contributed by atoms with van der Waals surface area (Å²) in [7, 11) is 0. The molecule has 0 spiro atoms. The third-order valence-electron chi connectivity index (χ3n) is 4.91. The molecule has 0 aromatic heterocycles. The fourth-order valence-electron chi connectivity index (χ4n) is 3.19. The number of carbonyl (C=O) groups excluding carboxylic acids is 1. The van der Waals surface area contributed by atoms with Crippen LogP contribution in [-0.2, 0) is 22.0 Å². The number of phenols is 1. The molecule has 2 aromatic carbocycles. The lowest BCUT2D eigenvalue weighted by Crippen LogP contribution is -2.20. The minimum absolute atomic E-state index is 0.0353. The smallest absolute Gasteiger partial charge is 0.270 e. The zero-order valence-electron chi connectivity index (χ0n) is 19.0. The van der Waals surface area contributed by atoms with Gasteiger partial charge in [-0.25, -0.2) is 5.43 Å². The van der Waals surface area contributed by atoms with Gasteiger partial charge in [0.05, 0.1) is 11.1 Å². The summed E-state index contributed by atoms with van der Waals surface area (Å²) in [6, 6.07) is 9.93. The van der Waals surface area contributed by atoms with E-state index in [4.69, 9.17) is 0 Å². The molecule has 2 N–H and O–H groups in total. The van der Waals surface area contributed by atoms with Crippen LogP contribution in [0, 0.1) is 10.1 Å². The fraction of sp³-hybridized carbons (Fsp3) is 0.417. The first kappa shape index (κ1) is 24.1. The highest BCUT2D eigenvalue weighted by Gasteiger charge is 2.26. The number of amides is 1. The summed E-state index contributed by atoms with van der Waals surface area (Å²) in [5.41, 5.74) is 5.19. The summed E-state index contributed by atoms with van der Waals surface area (Å²) in [6.45, 7) is 12.3. The van der Waals surface area contributed by atoms with Crippen molar-refractivity contribution in [2.75, 3.05) is 0 Å². The molecule has 0 aliphatic heterocycles. The number of aromatic hydroxyl groups is 1. The molecule has 1 amide bonds. The molecule has 0 saturated heterocycles. The van der Waals surface area contributed by atoms with Crippen molar-refractivity contribution in [1.29, 1.82) is 0 Å². The van der Waals surface area contributed by atoms with E-state index < -0.39 is 4.92 Å². The SMILES string of the molecule is CC(C)(C)c1cc(CCC(=O)N/N=C\c2cccc([N+](=O)[O-])c2)cc(C(C)(C)C)c1O. The highest BCUT2D eigenvalue weighted by atomic mass is 16.6. The van der Waals surface area contributed by atoms with Crippen LogP contribution < -0.4 is 5.43 Å². The van der Waals surface area contributed by atoms with Crippen molar-refractivity contribution in [2.45, 2.75) is 65.2 Å². The summed E-state index contributed by atoms with van der Waals surface area (Å²) in [5, 5.41) is 25.5. The van der Waals surface area contributed by atoms with Crippen LogP contribution in [0.1, 0.15) is 70.2 Å². The number of nitrogens with one attached hydrogen (secondary N) is 1. The lowest BCUT2D eigenvalue weighted by molar-refractivity contribution is -0.384. The van der Waals surface area contributed by atoms with Gasteiger partial charge in [0.2, 0.25) is 5.91 Å². The highest BCUT2D eigenvalue weighted by molar-refractivity contribution is 5.83. The number of hydrazone groups is 1. The van der Waals surface area contributed by atoms with E-state index in [9.17, 15) is 20.0 Å². The summed E-state index contributed by atoms with van der Waals surface area (Å²) in [5.74, 6) is 0.0547. The number of aryl methyl sites for hydroxylation is 1. The maximum atomic E-state index is 12.2. The van der Waals surface area contributed by atoms with Gasteiger partial charge in [0.25, 0.3) is 5.69 Å². The zero-order valence-corrected chi connectivity index (χ0v) is 19.0. The number of nitro benzene ring substituents is 1. The van der Waals surface area contributed by atoms with Gasteiger partial charge < -0.3 is 5.11 Å². The minimum atomic E-state index is -0.481. The van der Waals surface area contributed by atoms with Crippen LogP contribution in [0.25, 0.3) is 0 Å². The van der Waals surface area contributed by atoms with Crippen LogP contribution in [0.5, 0.6) is 5.75 Å². The predicted molar refractivity (Wildman–Crippen MR) is 123 cm³/mol. The van der Waals surface area contributed by atoms with Gasteiger partial charge in [0, 0.05) is 24.1 Å². The number of rotatable bonds is 6. The molecule has 0 saturated carbocycles. The zero-order chi connectivity index (χ0) is 23.4. The molecule has 0 fully saturated rings. The van der Waals surface area contributed by atoms with E-state index in [1.165, 1.54) is 18.3 Å². The average molecular weight is 426 g/mol. The number of non-ortho nitro benzene ring substituents is 1. The Morgan fingerprint density at radius 2 is 1.68 bits per heavy atom. The summed E-state index contributed by atoms with van der Waals surface area (Å²) in [4.78, 5) is 22.6. The van der Waals surface area contributed by atoms with Crippen molar-refractivity contribution < 1.29 is 14.8 Å². The van der Waals surface area contributed by atoms with Gasteiger partial charge >= 0.3 is 0 Å². The normalized spacial score (nSPS) is 12.2. The molecule has 2 aromatic rings. The predicted octanol–water partition coefficient (Wildman–Crippen LogP) is 4.98. The first-order valence-electron chi connectivity index (χ1n) is 10.2. The van der Waals surface area contributed by atoms with Gasteiger partial charge in [0.15, 0.2) is 0 Å². The Hall–Kier alpha value is -3.22. The quantitative estimate of drug-likeness (QED) is 0.387. The van der Waals surface area contributed by atoms with Crippen molar-refractivity contribution in [1.82, 2.24) is 5.43 Å². The number of nitro groups is 1. The minimum Gasteiger partial charge on any atom is -0.507 e. The second kappa shape index (κ2) is 9.29. The molecule has 0 aliphatic carbocycles. The van der Waals surface area contributed by atoms with Crippen LogP contribution in [-0.4, -0.2) is 22.2 Å². The molecular weight excluding hydrogens is 394 g/mol. The van der Waals surface area contributed by atoms with E-state index >= 15 is 0 Å². The molecule has 7 nitrogen and oxygen atoms in total. The van der Waals surface area contributed by atoms with E-state index in [2.05, 4.69) is 10.5 Å². The number of benzene rings is 2. The molecule has 0 aliphatic rings. The molecule has 0 unspecified atom stereocenters. The molecule has 0 heterocycles. The van der Waals surface area contributed by atoms with Crippen molar-refractivity contribution in [3.05, 3.63) is 68.8 Å². The monoisotopic (exact) mass is 425 g/mol. The van der Waals surface area contributed by atoms with Crippen molar-refractivity contribution in [3.8, 4) is 5.75 Å². The number of phenolic OH excluding ortho intramolecular Hbond substituents is 1. The second-order valence-electron chi connectivity index (χ2n) is 9.68. The summed E-state index contributed by atoms with van der Waals surface area (Å²) >= 11 is 0. The lowest BCUT2D eigenvalue weighted by atomic mass is 9.78. The standard InChI is InChI=1S/C24H31N3O4/c1-23(2,3)19-13-16(14-20(22(19)29)24(4,5)6)10-11-21(28)26-25-15-17-8-7-9-18(12-17)27(30)31/h7-9,12-15,29H,10-11H2,1-6H3,(H,26,28)/b25-15-. The number of carbonyl (C=O) groups is 1. The van der Waals surface area contributed by atoms with E-state index in [1.54, 1.807) is 12.1 Å². The van der Waals surface area contributed by atoms with Crippen LogP contribution >= 0.6 is 0 Å². The maximum Gasteiger partial charge on any atom is 0.270 e. The largest absolute Gasteiger partial charge is 0.507 e. The van der Waals surface area contributed by atoms with E-state index in [0.29, 0.717) is 17.7 Å². The Morgan fingerprint density at radius 3 is 2.19 bits per heavy atom. The van der Waals surface area contributed by atoms with Crippen molar-refractivity contribution in [3.63, 3.8) is 0 Å². The molecule has 166 valence electrons. The summed E-state index contributed by atoms with van der Waals surface area (Å²) < 4.78 is 0. The van der Waals surface area contributed by atoms with E-state index in [-0.39, 0.29) is 28.8 Å².